The summed E-state index contributed by atoms with van der Waals surface area (Å²) in [5, 5.41) is 17.0. The Hall–Kier alpha value is -2.70. The molecule has 1 heterocycles. The standard InChI is InChI=1S/C16H17N3O4/c20-14-7-6-13(18-19(14)12-4-2-1-3-5-12)15(21)17-11-8-10(9-11)16(22)23/h1-5,10-11H,6-9H2,(H,17,21)(H,22,23). The van der Waals surface area contributed by atoms with Gasteiger partial charge in [-0.25, -0.2) is 5.01 Å². The van der Waals surface area contributed by atoms with E-state index in [9.17, 15) is 14.4 Å². The average Bonchev–Trinajstić information content (AvgIpc) is 2.51. The third-order valence-electron chi connectivity index (χ3n) is 4.12. The van der Waals surface area contributed by atoms with Gasteiger partial charge in [-0.2, -0.15) is 5.10 Å². The van der Waals surface area contributed by atoms with E-state index in [4.69, 9.17) is 5.11 Å². The number of amides is 2. The average molecular weight is 315 g/mol. The number of carboxylic acid groups (broad SMARTS) is 1. The molecule has 1 saturated carbocycles. The summed E-state index contributed by atoms with van der Waals surface area (Å²) in [6.45, 7) is 0. The molecule has 1 aliphatic heterocycles. The second kappa shape index (κ2) is 6.20. The highest BCUT2D eigenvalue weighted by atomic mass is 16.4. The van der Waals surface area contributed by atoms with E-state index in [1.54, 1.807) is 24.3 Å². The van der Waals surface area contributed by atoms with Crippen molar-refractivity contribution in [1.82, 2.24) is 5.32 Å². The van der Waals surface area contributed by atoms with Crippen molar-refractivity contribution < 1.29 is 19.5 Å². The quantitative estimate of drug-likeness (QED) is 0.870. The summed E-state index contributed by atoms with van der Waals surface area (Å²) < 4.78 is 0. The topological polar surface area (TPSA) is 99.1 Å². The molecule has 0 aromatic heterocycles. The second-order valence-electron chi connectivity index (χ2n) is 5.76. The Morgan fingerprint density at radius 3 is 2.52 bits per heavy atom. The van der Waals surface area contributed by atoms with Gasteiger partial charge in [0.15, 0.2) is 0 Å². The monoisotopic (exact) mass is 315 g/mol. The summed E-state index contributed by atoms with van der Waals surface area (Å²) in [6.07, 6.45) is 1.40. The van der Waals surface area contributed by atoms with Gasteiger partial charge in [0.2, 0.25) is 5.91 Å². The summed E-state index contributed by atoms with van der Waals surface area (Å²) in [5.41, 5.74) is 0.921. The van der Waals surface area contributed by atoms with Crippen LogP contribution in [0.15, 0.2) is 35.4 Å². The summed E-state index contributed by atoms with van der Waals surface area (Å²) in [6, 6.07) is 8.82. The predicted molar refractivity (Wildman–Crippen MR) is 82.9 cm³/mol. The first kappa shape index (κ1) is 15.2. The molecular weight excluding hydrogens is 298 g/mol. The molecule has 3 rings (SSSR count). The van der Waals surface area contributed by atoms with Crippen LogP contribution < -0.4 is 10.3 Å². The maximum atomic E-state index is 12.2. The molecule has 0 unspecified atom stereocenters. The van der Waals surface area contributed by atoms with Crippen molar-refractivity contribution in [2.75, 3.05) is 5.01 Å². The lowest BCUT2D eigenvalue weighted by Gasteiger charge is -2.33. The second-order valence-corrected chi connectivity index (χ2v) is 5.76. The van der Waals surface area contributed by atoms with Crippen LogP contribution in [0.1, 0.15) is 25.7 Å². The van der Waals surface area contributed by atoms with Crippen LogP contribution in [0, 0.1) is 5.92 Å². The highest BCUT2D eigenvalue weighted by molar-refractivity contribution is 6.40. The Labute approximate surface area is 133 Å². The van der Waals surface area contributed by atoms with Gasteiger partial charge in [0.25, 0.3) is 5.91 Å². The van der Waals surface area contributed by atoms with Crippen molar-refractivity contribution in [3.05, 3.63) is 30.3 Å². The Kier molecular flexibility index (Phi) is 4.10. The lowest BCUT2D eigenvalue weighted by atomic mass is 9.80. The van der Waals surface area contributed by atoms with Crippen LogP contribution in [0.4, 0.5) is 5.69 Å². The Bertz CT molecular complexity index is 665. The smallest absolute Gasteiger partial charge is 0.306 e. The van der Waals surface area contributed by atoms with Crippen LogP contribution in [-0.4, -0.2) is 34.6 Å². The van der Waals surface area contributed by atoms with E-state index < -0.39 is 5.97 Å². The van der Waals surface area contributed by atoms with Crippen LogP contribution in [0.2, 0.25) is 0 Å². The Balaban J connectivity index is 1.66. The van der Waals surface area contributed by atoms with E-state index >= 15 is 0 Å². The van der Waals surface area contributed by atoms with Crippen molar-refractivity contribution >= 4 is 29.2 Å². The third kappa shape index (κ3) is 3.23. The van der Waals surface area contributed by atoms with Crippen LogP contribution in [0.3, 0.4) is 0 Å². The fourth-order valence-electron chi connectivity index (χ4n) is 2.69. The minimum atomic E-state index is -0.827. The van der Waals surface area contributed by atoms with Crippen LogP contribution >= 0.6 is 0 Å². The maximum Gasteiger partial charge on any atom is 0.306 e. The van der Waals surface area contributed by atoms with Gasteiger partial charge in [-0.05, 0) is 25.0 Å². The van der Waals surface area contributed by atoms with Gasteiger partial charge in [0.05, 0.1) is 11.6 Å². The molecule has 23 heavy (non-hydrogen) atoms. The highest BCUT2D eigenvalue weighted by Crippen LogP contribution is 2.27. The molecule has 1 aliphatic carbocycles. The summed E-state index contributed by atoms with van der Waals surface area (Å²) >= 11 is 0. The van der Waals surface area contributed by atoms with Gasteiger partial charge in [-0.1, -0.05) is 18.2 Å². The van der Waals surface area contributed by atoms with Crippen molar-refractivity contribution in [2.24, 2.45) is 11.0 Å². The Morgan fingerprint density at radius 2 is 1.87 bits per heavy atom. The number of hydrogen-bond acceptors (Lipinski definition) is 4. The number of para-hydroxylation sites is 1. The number of hydrogen-bond donors (Lipinski definition) is 2. The van der Waals surface area contributed by atoms with Crippen LogP contribution in [0.25, 0.3) is 0 Å². The molecule has 0 spiro atoms. The molecule has 7 nitrogen and oxygen atoms in total. The third-order valence-corrected chi connectivity index (χ3v) is 4.12. The van der Waals surface area contributed by atoms with E-state index in [1.807, 2.05) is 6.07 Å². The molecule has 2 aliphatic rings. The highest BCUT2D eigenvalue weighted by Gasteiger charge is 2.36. The van der Waals surface area contributed by atoms with E-state index in [0.717, 1.165) is 0 Å². The number of benzene rings is 1. The van der Waals surface area contributed by atoms with E-state index in [2.05, 4.69) is 10.4 Å². The molecule has 7 heteroatoms. The van der Waals surface area contributed by atoms with Gasteiger partial charge < -0.3 is 10.4 Å². The summed E-state index contributed by atoms with van der Waals surface area (Å²) in [7, 11) is 0. The first-order chi connectivity index (χ1) is 11.0. The van der Waals surface area contributed by atoms with Gasteiger partial charge in [-0.3, -0.25) is 14.4 Å². The molecule has 2 N–H and O–H groups in total. The van der Waals surface area contributed by atoms with Crippen molar-refractivity contribution in [3.8, 4) is 0 Å². The summed E-state index contributed by atoms with van der Waals surface area (Å²) in [4.78, 5) is 35.0. The molecule has 0 bridgehead atoms. The number of hydrazone groups is 1. The van der Waals surface area contributed by atoms with Crippen LogP contribution in [0.5, 0.6) is 0 Å². The number of carbonyl (C=O) groups excluding carboxylic acids is 2. The molecule has 120 valence electrons. The van der Waals surface area contributed by atoms with E-state index in [-0.39, 0.29) is 30.2 Å². The largest absolute Gasteiger partial charge is 0.481 e. The van der Waals surface area contributed by atoms with Crippen molar-refractivity contribution in [1.29, 1.82) is 0 Å². The fraction of sp³-hybridized carbons (Fsp3) is 0.375. The lowest BCUT2D eigenvalue weighted by molar-refractivity contribution is -0.146. The first-order valence-corrected chi connectivity index (χ1v) is 7.53. The fourth-order valence-corrected chi connectivity index (χ4v) is 2.69. The zero-order valence-corrected chi connectivity index (χ0v) is 12.4. The normalized spacial score (nSPS) is 23.7. The SMILES string of the molecule is O=C(NC1CC(C(=O)O)C1)C1=NN(c2ccccc2)C(=O)CC1. The zero-order valence-electron chi connectivity index (χ0n) is 12.4. The summed E-state index contributed by atoms with van der Waals surface area (Å²) in [5.74, 6) is -1.68. The maximum absolute atomic E-state index is 12.2. The molecule has 1 fully saturated rings. The molecular formula is C16H17N3O4. The minimum Gasteiger partial charge on any atom is -0.481 e. The van der Waals surface area contributed by atoms with Crippen LogP contribution in [-0.2, 0) is 14.4 Å². The molecule has 1 aromatic carbocycles. The minimum absolute atomic E-state index is 0.130. The van der Waals surface area contributed by atoms with Crippen molar-refractivity contribution in [2.45, 2.75) is 31.7 Å². The number of carbonyl (C=O) groups is 3. The zero-order chi connectivity index (χ0) is 16.4. The lowest BCUT2D eigenvalue weighted by Crippen LogP contribution is -2.49. The molecule has 0 saturated heterocycles. The van der Waals surface area contributed by atoms with Crippen molar-refractivity contribution in [3.63, 3.8) is 0 Å². The van der Waals surface area contributed by atoms with Gasteiger partial charge in [0, 0.05) is 18.9 Å². The molecule has 1 aromatic rings. The van der Waals surface area contributed by atoms with E-state index in [1.165, 1.54) is 5.01 Å². The first-order valence-electron chi connectivity index (χ1n) is 7.53. The number of nitrogens with one attached hydrogen (secondary N) is 1. The Morgan fingerprint density at radius 1 is 1.17 bits per heavy atom. The van der Waals surface area contributed by atoms with Gasteiger partial charge in [-0.15, -0.1) is 0 Å². The predicted octanol–water partition coefficient (Wildman–Crippen LogP) is 1.15. The number of carboxylic acids is 1. The van der Waals surface area contributed by atoms with Gasteiger partial charge >= 0.3 is 5.97 Å². The molecule has 2 amide bonds. The number of aliphatic carboxylic acids is 1. The van der Waals surface area contributed by atoms with E-state index in [0.29, 0.717) is 30.7 Å². The number of nitrogens with zero attached hydrogens (tertiary/aromatic N) is 2. The van der Waals surface area contributed by atoms with Gasteiger partial charge in [0.1, 0.15) is 5.71 Å². The molecule has 0 atom stereocenters. The number of rotatable bonds is 4. The molecule has 0 radical (unpaired) electrons. The number of anilines is 1.